The maximum atomic E-state index is 5.96. The van der Waals surface area contributed by atoms with Crippen molar-refractivity contribution in [3.05, 3.63) is 47.3 Å². The molecule has 0 saturated heterocycles. The van der Waals surface area contributed by atoms with Crippen LogP contribution in [0, 0.1) is 6.92 Å². The van der Waals surface area contributed by atoms with Crippen LogP contribution in [0.2, 0.25) is 0 Å². The van der Waals surface area contributed by atoms with Crippen molar-refractivity contribution in [2.75, 3.05) is 0 Å². The molecule has 2 N–H and O–H groups in total. The molecule has 1 atom stereocenters. The van der Waals surface area contributed by atoms with Crippen molar-refractivity contribution in [3.8, 4) is 5.75 Å². The van der Waals surface area contributed by atoms with E-state index in [1.807, 2.05) is 31.2 Å². The van der Waals surface area contributed by atoms with E-state index in [9.17, 15) is 0 Å². The first kappa shape index (κ1) is 13.6. The molecule has 4 nitrogen and oxygen atoms in total. The third-order valence-electron chi connectivity index (χ3n) is 2.98. The average molecular weight is 260 g/mol. The Labute approximate surface area is 113 Å². The lowest BCUT2D eigenvalue weighted by molar-refractivity contribution is 0.248. The zero-order valence-corrected chi connectivity index (χ0v) is 11.4. The number of nitrogens with two attached hydrogens (primary N) is 1. The Morgan fingerprint density at radius 3 is 2.89 bits per heavy atom. The molecule has 0 aliphatic carbocycles. The first-order valence-corrected chi connectivity index (χ1v) is 6.57. The van der Waals surface area contributed by atoms with Crippen molar-refractivity contribution in [3.63, 3.8) is 0 Å². The molecule has 0 fully saturated rings. The van der Waals surface area contributed by atoms with Crippen LogP contribution in [0.15, 0.2) is 34.9 Å². The van der Waals surface area contributed by atoms with Crippen LogP contribution in [0.25, 0.3) is 0 Å². The highest BCUT2D eigenvalue weighted by molar-refractivity contribution is 5.29. The lowest BCUT2D eigenvalue weighted by Crippen LogP contribution is -2.21. The summed E-state index contributed by atoms with van der Waals surface area (Å²) in [5, 5.41) is 3.83. The van der Waals surface area contributed by atoms with E-state index in [1.165, 1.54) is 5.56 Å². The minimum atomic E-state index is 0.201. The number of benzene rings is 1. The number of nitrogens with zero attached hydrogens (tertiary/aromatic N) is 1. The minimum Gasteiger partial charge on any atom is -0.486 e. The molecule has 19 heavy (non-hydrogen) atoms. The third kappa shape index (κ3) is 4.10. The first-order chi connectivity index (χ1) is 9.17. The Kier molecular flexibility index (Phi) is 4.58. The fourth-order valence-corrected chi connectivity index (χ4v) is 1.85. The Balaban J connectivity index is 1.95. The van der Waals surface area contributed by atoms with Gasteiger partial charge in [0.1, 0.15) is 12.4 Å². The summed E-state index contributed by atoms with van der Waals surface area (Å²) in [4.78, 5) is 0. The van der Waals surface area contributed by atoms with Crippen molar-refractivity contribution < 1.29 is 9.26 Å². The molecule has 0 saturated carbocycles. The van der Waals surface area contributed by atoms with Crippen LogP contribution in [-0.2, 0) is 13.0 Å². The molecule has 0 spiro atoms. The smallest absolute Gasteiger partial charge is 0.174 e. The van der Waals surface area contributed by atoms with Crippen LogP contribution in [0.3, 0.4) is 0 Å². The molecule has 0 bridgehead atoms. The summed E-state index contributed by atoms with van der Waals surface area (Å²) in [6.45, 7) is 4.38. The van der Waals surface area contributed by atoms with Crippen molar-refractivity contribution >= 4 is 0 Å². The number of ether oxygens (including phenoxy) is 1. The van der Waals surface area contributed by atoms with Gasteiger partial charge in [-0.2, -0.15) is 0 Å². The van der Waals surface area contributed by atoms with Crippen LogP contribution >= 0.6 is 0 Å². The summed E-state index contributed by atoms with van der Waals surface area (Å²) >= 11 is 0. The molecule has 0 aliphatic heterocycles. The maximum Gasteiger partial charge on any atom is 0.174 e. The van der Waals surface area contributed by atoms with Crippen LogP contribution in [0.5, 0.6) is 5.75 Å². The van der Waals surface area contributed by atoms with Gasteiger partial charge in [0.15, 0.2) is 5.76 Å². The summed E-state index contributed by atoms with van der Waals surface area (Å²) in [6, 6.07) is 10.1. The van der Waals surface area contributed by atoms with Gasteiger partial charge in [-0.05, 0) is 37.5 Å². The van der Waals surface area contributed by atoms with Gasteiger partial charge in [-0.3, -0.25) is 0 Å². The molecule has 102 valence electrons. The highest BCUT2D eigenvalue weighted by Crippen LogP contribution is 2.16. The zero-order valence-electron chi connectivity index (χ0n) is 11.4. The van der Waals surface area contributed by atoms with Gasteiger partial charge in [0.2, 0.25) is 0 Å². The molecule has 0 aliphatic rings. The topological polar surface area (TPSA) is 61.3 Å². The monoisotopic (exact) mass is 260 g/mol. The summed E-state index contributed by atoms with van der Waals surface area (Å²) in [6.07, 6.45) is 1.84. The predicted molar refractivity (Wildman–Crippen MR) is 74.0 cm³/mol. The second-order valence-corrected chi connectivity index (χ2v) is 4.74. The SMILES string of the molecule is CCC(N)Cc1cccc(OCc2cc(C)no2)c1. The van der Waals surface area contributed by atoms with E-state index in [4.69, 9.17) is 15.0 Å². The standard InChI is InChI=1S/C15H20N2O2/c1-3-13(16)8-12-5-4-6-14(9-12)18-10-15-7-11(2)17-19-15/h4-7,9,13H,3,8,10,16H2,1-2H3. The molecule has 1 aromatic heterocycles. The van der Waals surface area contributed by atoms with E-state index in [2.05, 4.69) is 18.1 Å². The summed E-state index contributed by atoms with van der Waals surface area (Å²) in [5.74, 6) is 1.56. The fraction of sp³-hybridized carbons (Fsp3) is 0.400. The Hall–Kier alpha value is -1.81. The molecule has 0 amide bonds. The van der Waals surface area contributed by atoms with Gasteiger partial charge in [0.25, 0.3) is 0 Å². The molecule has 2 rings (SSSR count). The molecule has 4 heteroatoms. The summed E-state index contributed by atoms with van der Waals surface area (Å²) in [7, 11) is 0. The van der Waals surface area contributed by atoms with E-state index in [-0.39, 0.29) is 6.04 Å². The van der Waals surface area contributed by atoms with Gasteiger partial charge >= 0.3 is 0 Å². The normalized spacial score (nSPS) is 12.4. The molecule has 2 aromatic rings. The molecule has 1 unspecified atom stereocenters. The van der Waals surface area contributed by atoms with Crippen LogP contribution in [-0.4, -0.2) is 11.2 Å². The molecule has 0 radical (unpaired) electrons. The Morgan fingerprint density at radius 2 is 2.21 bits per heavy atom. The Bertz CT molecular complexity index is 522. The van der Waals surface area contributed by atoms with E-state index in [0.29, 0.717) is 6.61 Å². The van der Waals surface area contributed by atoms with Crippen LogP contribution in [0.1, 0.15) is 30.4 Å². The highest BCUT2D eigenvalue weighted by atomic mass is 16.5. The van der Waals surface area contributed by atoms with Gasteiger partial charge in [0, 0.05) is 12.1 Å². The lowest BCUT2D eigenvalue weighted by atomic mass is 10.0. The second-order valence-electron chi connectivity index (χ2n) is 4.74. The maximum absolute atomic E-state index is 5.96. The number of hydrogen-bond acceptors (Lipinski definition) is 4. The van der Waals surface area contributed by atoms with Gasteiger partial charge in [-0.1, -0.05) is 24.2 Å². The lowest BCUT2D eigenvalue weighted by Gasteiger charge is -2.10. The second kappa shape index (κ2) is 6.38. The van der Waals surface area contributed by atoms with Gasteiger partial charge in [0.05, 0.1) is 5.69 Å². The van der Waals surface area contributed by atoms with Crippen LogP contribution in [0.4, 0.5) is 0 Å². The number of aromatic nitrogens is 1. The number of hydrogen-bond donors (Lipinski definition) is 1. The van der Waals surface area contributed by atoms with Crippen molar-refractivity contribution in [2.45, 2.75) is 39.3 Å². The van der Waals surface area contributed by atoms with E-state index in [0.717, 1.165) is 30.0 Å². The van der Waals surface area contributed by atoms with Gasteiger partial charge in [-0.25, -0.2) is 0 Å². The molecular weight excluding hydrogens is 240 g/mol. The van der Waals surface area contributed by atoms with E-state index in [1.54, 1.807) is 0 Å². The third-order valence-corrected chi connectivity index (χ3v) is 2.98. The van der Waals surface area contributed by atoms with Crippen molar-refractivity contribution in [1.29, 1.82) is 0 Å². The first-order valence-electron chi connectivity index (χ1n) is 6.57. The van der Waals surface area contributed by atoms with Gasteiger partial charge in [-0.15, -0.1) is 0 Å². The quantitative estimate of drug-likeness (QED) is 0.867. The van der Waals surface area contributed by atoms with Crippen LogP contribution < -0.4 is 10.5 Å². The van der Waals surface area contributed by atoms with Crippen molar-refractivity contribution in [1.82, 2.24) is 5.16 Å². The average Bonchev–Trinajstić information content (AvgIpc) is 2.82. The van der Waals surface area contributed by atoms with E-state index < -0.39 is 0 Å². The summed E-state index contributed by atoms with van der Waals surface area (Å²) in [5.41, 5.74) is 8.02. The summed E-state index contributed by atoms with van der Waals surface area (Å²) < 4.78 is 10.8. The predicted octanol–water partition coefficient (Wildman–Crippen LogP) is 2.84. The Morgan fingerprint density at radius 1 is 1.37 bits per heavy atom. The fourth-order valence-electron chi connectivity index (χ4n) is 1.85. The van der Waals surface area contributed by atoms with E-state index >= 15 is 0 Å². The molecular formula is C15H20N2O2. The number of aryl methyl sites for hydroxylation is 1. The molecule has 1 aromatic carbocycles. The highest BCUT2D eigenvalue weighted by Gasteiger charge is 2.05. The van der Waals surface area contributed by atoms with Gasteiger partial charge < -0.3 is 15.0 Å². The minimum absolute atomic E-state index is 0.201. The largest absolute Gasteiger partial charge is 0.486 e. The molecule has 1 heterocycles. The van der Waals surface area contributed by atoms with Crippen molar-refractivity contribution in [2.24, 2.45) is 5.73 Å². The zero-order chi connectivity index (χ0) is 13.7. The number of rotatable bonds is 6.